The van der Waals surface area contributed by atoms with Crippen molar-refractivity contribution >= 4 is 11.8 Å². The van der Waals surface area contributed by atoms with Gasteiger partial charge < -0.3 is 14.3 Å². The summed E-state index contributed by atoms with van der Waals surface area (Å²) in [4.78, 5) is 32.4. The molecule has 0 N–H and O–H groups in total. The molecule has 1 aliphatic carbocycles. The van der Waals surface area contributed by atoms with Gasteiger partial charge in [0.25, 0.3) is 0 Å². The van der Waals surface area contributed by atoms with Crippen molar-refractivity contribution in [2.24, 2.45) is 11.8 Å². The molecule has 0 aromatic carbocycles. The second kappa shape index (κ2) is 6.18. The predicted octanol–water partition coefficient (Wildman–Crippen LogP) is 1.21. The molecule has 2 atom stereocenters. The van der Waals surface area contributed by atoms with E-state index in [-0.39, 0.29) is 17.7 Å². The van der Waals surface area contributed by atoms with Crippen LogP contribution in [0.3, 0.4) is 0 Å². The minimum atomic E-state index is -0.175. The van der Waals surface area contributed by atoms with E-state index in [1.165, 1.54) is 12.8 Å². The zero-order chi connectivity index (χ0) is 16.7. The molecule has 7 nitrogen and oxygen atoms in total. The van der Waals surface area contributed by atoms with Gasteiger partial charge in [0.2, 0.25) is 17.7 Å². The van der Waals surface area contributed by atoms with Gasteiger partial charge in [-0.2, -0.15) is 4.98 Å². The maximum Gasteiger partial charge on any atom is 0.228 e. The van der Waals surface area contributed by atoms with Crippen molar-refractivity contribution in [3.8, 4) is 0 Å². The lowest BCUT2D eigenvalue weighted by molar-refractivity contribution is -0.137. The van der Waals surface area contributed by atoms with Crippen LogP contribution in [-0.2, 0) is 16.0 Å². The first kappa shape index (κ1) is 15.6. The molecule has 130 valence electrons. The number of rotatable bonds is 4. The maximum atomic E-state index is 12.7. The Morgan fingerprint density at radius 1 is 1.29 bits per heavy atom. The minimum absolute atomic E-state index is 0.0698. The van der Waals surface area contributed by atoms with Crippen molar-refractivity contribution in [3.05, 3.63) is 11.7 Å². The summed E-state index contributed by atoms with van der Waals surface area (Å²) in [5.41, 5.74) is 0. The van der Waals surface area contributed by atoms with Gasteiger partial charge in [0.1, 0.15) is 0 Å². The highest BCUT2D eigenvalue weighted by molar-refractivity contribution is 5.89. The first-order valence-electron chi connectivity index (χ1n) is 8.95. The third-order valence-corrected chi connectivity index (χ3v) is 5.41. The molecule has 0 radical (unpaired) electrons. The quantitative estimate of drug-likeness (QED) is 0.828. The van der Waals surface area contributed by atoms with Crippen molar-refractivity contribution in [2.45, 2.75) is 44.4 Å². The SMILES string of the molecule is CN1C[C@H](C(=O)N2CCC[C@H](Cc3nc(C4CC4)no3)C2)CC1=O. The fourth-order valence-electron chi connectivity index (χ4n) is 3.82. The van der Waals surface area contributed by atoms with Crippen molar-refractivity contribution < 1.29 is 14.1 Å². The number of carbonyl (C=O) groups is 2. The van der Waals surface area contributed by atoms with Gasteiger partial charge in [0.05, 0.1) is 5.92 Å². The molecule has 1 aromatic rings. The molecule has 7 heteroatoms. The van der Waals surface area contributed by atoms with Crippen LogP contribution in [0.2, 0.25) is 0 Å². The summed E-state index contributed by atoms with van der Waals surface area (Å²) in [7, 11) is 1.77. The zero-order valence-electron chi connectivity index (χ0n) is 14.1. The van der Waals surface area contributed by atoms with Crippen LogP contribution in [-0.4, -0.2) is 58.4 Å². The van der Waals surface area contributed by atoms with Crippen LogP contribution in [0.1, 0.15) is 49.7 Å². The molecule has 3 heterocycles. The number of piperidine rings is 1. The van der Waals surface area contributed by atoms with E-state index in [4.69, 9.17) is 4.52 Å². The first-order valence-corrected chi connectivity index (χ1v) is 8.95. The summed E-state index contributed by atoms with van der Waals surface area (Å²) < 4.78 is 5.38. The summed E-state index contributed by atoms with van der Waals surface area (Å²) in [5.74, 6) is 2.44. The Morgan fingerprint density at radius 3 is 2.83 bits per heavy atom. The molecular weight excluding hydrogens is 308 g/mol. The molecule has 2 aliphatic heterocycles. The molecule has 2 amide bonds. The topological polar surface area (TPSA) is 79.5 Å². The molecule has 3 fully saturated rings. The van der Waals surface area contributed by atoms with E-state index in [9.17, 15) is 9.59 Å². The number of aromatic nitrogens is 2. The van der Waals surface area contributed by atoms with Crippen molar-refractivity contribution in [1.82, 2.24) is 19.9 Å². The number of hydrogen-bond donors (Lipinski definition) is 0. The van der Waals surface area contributed by atoms with Crippen LogP contribution in [0.15, 0.2) is 4.52 Å². The van der Waals surface area contributed by atoms with Crippen molar-refractivity contribution in [1.29, 1.82) is 0 Å². The summed E-state index contributed by atoms with van der Waals surface area (Å²) in [5, 5.41) is 4.07. The normalized spacial score (nSPS) is 27.8. The van der Waals surface area contributed by atoms with Crippen LogP contribution in [0.25, 0.3) is 0 Å². The zero-order valence-corrected chi connectivity index (χ0v) is 14.1. The van der Waals surface area contributed by atoms with E-state index in [0.29, 0.717) is 30.7 Å². The van der Waals surface area contributed by atoms with Crippen molar-refractivity contribution in [3.63, 3.8) is 0 Å². The van der Waals surface area contributed by atoms with Gasteiger partial charge in [-0.3, -0.25) is 9.59 Å². The molecule has 0 unspecified atom stereocenters. The number of nitrogens with zero attached hydrogens (tertiary/aromatic N) is 4. The van der Waals surface area contributed by atoms with E-state index in [1.807, 2.05) is 4.90 Å². The molecule has 2 saturated heterocycles. The average molecular weight is 332 g/mol. The van der Waals surface area contributed by atoms with E-state index in [0.717, 1.165) is 38.2 Å². The Hall–Kier alpha value is -1.92. The third kappa shape index (κ3) is 3.16. The Labute approximate surface area is 141 Å². The lowest BCUT2D eigenvalue weighted by Gasteiger charge is -2.33. The van der Waals surface area contributed by atoms with Crippen LogP contribution >= 0.6 is 0 Å². The number of amides is 2. The highest BCUT2D eigenvalue weighted by Crippen LogP contribution is 2.38. The Bertz CT molecular complexity index is 640. The van der Waals surface area contributed by atoms with Crippen molar-refractivity contribution in [2.75, 3.05) is 26.7 Å². The highest BCUT2D eigenvalue weighted by atomic mass is 16.5. The number of hydrogen-bond acceptors (Lipinski definition) is 5. The van der Waals surface area contributed by atoms with E-state index in [1.54, 1.807) is 11.9 Å². The summed E-state index contributed by atoms with van der Waals surface area (Å²) in [6, 6.07) is 0. The fourth-order valence-corrected chi connectivity index (χ4v) is 3.82. The van der Waals surface area contributed by atoms with E-state index >= 15 is 0 Å². The lowest BCUT2D eigenvalue weighted by atomic mass is 9.93. The van der Waals surface area contributed by atoms with Crippen LogP contribution in [0.5, 0.6) is 0 Å². The number of likely N-dealkylation sites (tertiary alicyclic amines) is 2. The fraction of sp³-hybridized carbons (Fsp3) is 0.765. The standard InChI is InChI=1S/C17H24N4O3/c1-20-10-13(8-15(20)22)17(23)21-6-2-3-11(9-21)7-14-18-16(19-24-14)12-4-5-12/h11-13H,2-10H2,1H3/t11-,13-/m1/s1. The van der Waals surface area contributed by atoms with Gasteiger partial charge in [-0.1, -0.05) is 5.16 Å². The van der Waals surface area contributed by atoms with E-state index < -0.39 is 0 Å². The Balaban J connectivity index is 1.34. The molecule has 1 saturated carbocycles. The second-order valence-corrected chi connectivity index (χ2v) is 7.49. The molecule has 1 aromatic heterocycles. The monoisotopic (exact) mass is 332 g/mol. The lowest BCUT2D eigenvalue weighted by Crippen LogP contribution is -2.44. The van der Waals surface area contributed by atoms with Crippen LogP contribution in [0, 0.1) is 11.8 Å². The van der Waals surface area contributed by atoms with Gasteiger partial charge in [-0.25, -0.2) is 0 Å². The average Bonchev–Trinajstić information content (AvgIpc) is 3.24. The third-order valence-electron chi connectivity index (χ3n) is 5.41. The van der Waals surface area contributed by atoms with Crippen LogP contribution < -0.4 is 0 Å². The first-order chi connectivity index (χ1) is 11.6. The van der Waals surface area contributed by atoms with Crippen LogP contribution in [0.4, 0.5) is 0 Å². The number of carbonyl (C=O) groups excluding carboxylic acids is 2. The Morgan fingerprint density at radius 2 is 2.12 bits per heavy atom. The highest BCUT2D eigenvalue weighted by Gasteiger charge is 2.36. The smallest absolute Gasteiger partial charge is 0.228 e. The van der Waals surface area contributed by atoms with Gasteiger partial charge in [0.15, 0.2) is 5.82 Å². The van der Waals surface area contributed by atoms with Gasteiger partial charge in [-0.15, -0.1) is 0 Å². The van der Waals surface area contributed by atoms with Gasteiger partial charge in [0, 0.05) is 45.4 Å². The van der Waals surface area contributed by atoms with E-state index in [2.05, 4.69) is 10.1 Å². The summed E-state index contributed by atoms with van der Waals surface area (Å²) in [6.07, 6.45) is 5.50. The van der Waals surface area contributed by atoms with Gasteiger partial charge >= 0.3 is 0 Å². The second-order valence-electron chi connectivity index (χ2n) is 7.49. The molecule has 0 spiro atoms. The largest absolute Gasteiger partial charge is 0.345 e. The molecular formula is C17H24N4O3. The predicted molar refractivity (Wildman–Crippen MR) is 85.0 cm³/mol. The molecule has 24 heavy (non-hydrogen) atoms. The molecule has 3 aliphatic rings. The maximum absolute atomic E-state index is 12.7. The summed E-state index contributed by atoms with van der Waals surface area (Å²) >= 11 is 0. The molecule has 4 rings (SSSR count). The Kier molecular flexibility index (Phi) is 4.02. The molecule has 0 bridgehead atoms. The van der Waals surface area contributed by atoms with Gasteiger partial charge in [-0.05, 0) is 31.6 Å². The minimum Gasteiger partial charge on any atom is -0.345 e. The summed E-state index contributed by atoms with van der Waals surface area (Å²) in [6.45, 7) is 2.07.